The second-order valence-electron chi connectivity index (χ2n) is 2.51. The standard InChI is InChI=1S/C7H12O2S2/c1-5(8)6(9)7-10-3-2-4-11-7/h5,7-8H,2-4H2,1H3/t5-/m0/s1. The smallest absolute Gasteiger partial charge is 0.183 e. The minimum Gasteiger partial charge on any atom is -0.386 e. The van der Waals surface area contributed by atoms with Gasteiger partial charge in [0.15, 0.2) is 5.78 Å². The zero-order valence-corrected chi connectivity index (χ0v) is 8.08. The molecule has 11 heavy (non-hydrogen) atoms. The normalized spacial score (nSPS) is 23.1. The van der Waals surface area contributed by atoms with Crippen molar-refractivity contribution in [3.63, 3.8) is 0 Å². The molecule has 1 rings (SSSR count). The van der Waals surface area contributed by atoms with E-state index in [1.807, 2.05) is 0 Å². The molecule has 0 aromatic heterocycles. The van der Waals surface area contributed by atoms with Gasteiger partial charge >= 0.3 is 0 Å². The molecule has 2 nitrogen and oxygen atoms in total. The van der Waals surface area contributed by atoms with Crippen LogP contribution in [-0.4, -0.2) is 33.1 Å². The van der Waals surface area contributed by atoms with Crippen LogP contribution in [0, 0.1) is 0 Å². The second-order valence-corrected chi connectivity index (χ2v) is 5.23. The van der Waals surface area contributed by atoms with E-state index < -0.39 is 6.10 Å². The SMILES string of the molecule is C[C@H](O)C(=O)C1SCCCS1. The summed E-state index contributed by atoms with van der Waals surface area (Å²) in [5.74, 6) is 2.08. The van der Waals surface area contributed by atoms with Gasteiger partial charge in [0, 0.05) is 0 Å². The van der Waals surface area contributed by atoms with Gasteiger partial charge in [0.25, 0.3) is 0 Å². The lowest BCUT2D eigenvalue weighted by atomic mass is 10.3. The number of thioether (sulfide) groups is 2. The van der Waals surface area contributed by atoms with Gasteiger partial charge in [0.2, 0.25) is 0 Å². The van der Waals surface area contributed by atoms with Crippen LogP contribution in [0.2, 0.25) is 0 Å². The lowest BCUT2D eigenvalue weighted by Crippen LogP contribution is -2.27. The third-order valence-corrected chi connectivity index (χ3v) is 4.41. The van der Waals surface area contributed by atoms with Gasteiger partial charge in [-0.05, 0) is 24.9 Å². The number of Topliss-reactive ketones (excluding diaryl/α,β-unsaturated/α-hetero) is 1. The first-order chi connectivity index (χ1) is 5.22. The molecule has 0 aromatic rings. The Morgan fingerprint density at radius 2 is 2.09 bits per heavy atom. The minimum absolute atomic E-state index is 0.0104. The summed E-state index contributed by atoms with van der Waals surface area (Å²) in [7, 11) is 0. The maximum atomic E-state index is 11.2. The second kappa shape index (κ2) is 4.38. The van der Waals surface area contributed by atoms with Crippen LogP contribution in [0.3, 0.4) is 0 Å². The number of aliphatic hydroxyl groups is 1. The monoisotopic (exact) mass is 192 g/mol. The van der Waals surface area contributed by atoms with Gasteiger partial charge in [-0.3, -0.25) is 4.79 Å². The van der Waals surface area contributed by atoms with Crippen LogP contribution in [0.15, 0.2) is 0 Å². The maximum Gasteiger partial charge on any atom is 0.183 e. The summed E-state index contributed by atoms with van der Waals surface area (Å²) in [5.41, 5.74) is 0. The molecule has 0 aliphatic carbocycles. The van der Waals surface area contributed by atoms with Crippen molar-refractivity contribution in [2.45, 2.75) is 24.0 Å². The summed E-state index contributed by atoms with van der Waals surface area (Å²) in [4.78, 5) is 11.2. The van der Waals surface area contributed by atoms with E-state index in [2.05, 4.69) is 0 Å². The summed E-state index contributed by atoms with van der Waals surface area (Å²) in [6, 6.07) is 0. The molecule has 1 aliphatic rings. The number of ketones is 1. The van der Waals surface area contributed by atoms with Gasteiger partial charge in [0.05, 0.1) is 0 Å². The Morgan fingerprint density at radius 3 is 2.55 bits per heavy atom. The van der Waals surface area contributed by atoms with Gasteiger partial charge in [-0.1, -0.05) is 0 Å². The molecule has 0 spiro atoms. The highest BCUT2D eigenvalue weighted by Crippen LogP contribution is 2.31. The van der Waals surface area contributed by atoms with E-state index in [0.29, 0.717) is 0 Å². The molecule has 4 heteroatoms. The first-order valence-electron chi connectivity index (χ1n) is 3.67. The predicted molar refractivity (Wildman–Crippen MR) is 50.0 cm³/mol. The Balaban J connectivity index is 2.39. The Bertz CT molecular complexity index is 141. The van der Waals surface area contributed by atoms with Crippen molar-refractivity contribution in [3.8, 4) is 0 Å². The molecule has 0 saturated carbocycles. The molecule has 0 aromatic carbocycles. The largest absolute Gasteiger partial charge is 0.386 e. The number of carbonyl (C=O) groups is 1. The average Bonchev–Trinajstić information content (AvgIpc) is 2.05. The quantitative estimate of drug-likeness (QED) is 0.712. The molecule has 0 amide bonds. The molecule has 1 atom stereocenters. The fourth-order valence-corrected chi connectivity index (χ4v) is 3.77. The number of aliphatic hydroxyl groups excluding tert-OH is 1. The molecular weight excluding hydrogens is 180 g/mol. The maximum absolute atomic E-state index is 11.2. The molecule has 0 unspecified atom stereocenters. The summed E-state index contributed by atoms with van der Waals surface area (Å²) in [6.45, 7) is 1.54. The third-order valence-electron chi connectivity index (χ3n) is 1.47. The van der Waals surface area contributed by atoms with E-state index in [4.69, 9.17) is 5.11 Å². The molecule has 0 bridgehead atoms. The van der Waals surface area contributed by atoms with Gasteiger partial charge in [0.1, 0.15) is 10.7 Å². The zero-order valence-electron chi connectivity index (χ0n) is 6.45. The third kappa shape index (κ3) is 2.69. The van der Waals surface area contributed by atoms with Crippen molar-refractivity contribution in [1.82, 2.24) is 0 Å². The minimum atomic E-state index is -0.793. The first kappa shape index (κ1) is 9.42. The highest BCUT2D eigenvalue weighted by atomic mass is 32.2. The van der Waals surface area contributed by atoms with E-state index in [1.165, 1.54) is 13.3 Å². The lowest BCUT2D eigenvalue weighted by molar-refractivity contribution is -0.124. The Hall–Kier alpha value is 0.330. The fraction of sp³-hybridized carbons (Fsp3) is 0.857. The van der Waals surface area contributed by atoms with Crippen molar-refractivity contribution in [3.05, 3.63) is 0 Å². The van der Waals surface area contributed by atoms with Crippen LogP contribution >= 0.6 is 23.5 Å². The molecule has 64 valence electrons. The number of hydrogen-bond acceptors (Lipinski definition) is 4. The van der Waals surface area contributed by atoms with Crippen molar-refractivity contribution < 1.29 is 9.90 Å². The molecule has 1 fully saturated rings. The predicted octanol–water partition coefficient (Wildman–Crippen LogP) is 1.13. The molecule has 0 radical (unpaired) electrons. The van der Waals surface area contributed by atoms with Gasteiger partial charge in [-0.15, -0.1) is 23.5 Å². The number of hydrogen-bond donors (Lipinski definition) is 1. The fourth-order valence-electron chi connectivity index (χ4n) is 0.849. The van der Waals surface area contributed by atoms with Crippen LogP contribution in [0.25, 0.3) is 0 Å². The van der Waals surface area contributed by atoms with Crippen molar-refractivity contribution in [2.75, 3.05) is 11.5 Å². The summed E-state index contributed by atoms with van der Waals surface area (Å²) >= 11 is 3.31. The van der Waals surface area contributed by atoms with Crippen LogP contribution in [0.5, 0.6) is 0 Å². The molecule has 1 N–H and O–H groups in total. The molecule has 1 saturated heterocycles. The van der Waals surface area contributed by atoms with Gasteiger partial charge in [-0.25, -0.2) is 0 Å². The summed E-state index contributed by atoms with van der Waals surface area (Å²) in [5, 5.41) is 9.00. The first-order valence-corrected chi connectivity index (χ1v) is 5.76. The lowest BCUT2D eigenvalue weighted by Gasteiger charge is -2.20. The van der Waals surface area contributed by atoms with Crippen LogP contribution in [-0.2, 0) is 4.79 Å². The van der Waals surface area contributed by atoms with E-state index in [0.717, 1.165) is 11.5 Å². The van der Waals surface area contributed by atoms with E-state index in [9.17, 15) is 4.79 Å². The van der Waals surface area contributed by atoms with Gasteiger partial charge in [-0.2, -0.15) is 0 Å². The average molecular weight is 192 g/mol. The molecular formula is C7H12O2S2. The summed E-state index contributed by atoms with van der Waals surface area (Å²) in [6.07, 6.45) is 0.386. The Labute approximate surface area is 75.1 Å². The highest BCUT2D eigenvalue weighted by Gasteiger charge is 2.25. The molecule has 1 aliphatic heterocycles. The van der Waals surface area contributed by atoms with E-state index >= 15 is 0 Å². The van der Waals surface area contributed by atoms with Gasteiger partial charge < -0.3 is 5.11 Å². The van der Waals surface area contributed by atoms with Crippen molar-refractivity contribution >= 4 is 29.3 Å². The topological polar surface area (TPSA) is 37.3 Å². The Kier molecular flexibility index (Phi) is 3.75. The zero-order chi connectivity index (χ0) is 8.27. The summed E-state index contributed by atoms with van der Waals surface area (Å²) < 4.78 is -0.0104. The number of rotatable bonds is 2. The Morgan fingerprint density at radius 1 is 1.55 bits per heavy atom. The van der Waals surface area contributed by atoms with Crippen LogP contribution in [0.4, 0.5) is 0 Å². The van der Waals surface area contributed by atoms with Crippen LogP contribution in [0.1, 0.15) is 13.3 Å². The van der Waals surface area contributed by atoms with Crippen LogP contribution < -0.4 is 0 Å². The van der Waals surface area contributed by atoms with Crippen molar-refractivity contribution in [1.29, 1.82) is 0 Å². The van der Waals surface area contributed by atoms with E-state index in [-0.39, 0.29) is 10.4 Å². The number of carbonyl (C=O) groups excluding carboxylic acids is 1. The molecule has 1 heterocycles. The van der Waals surface area contributed by atoms with Crippen molar-refractivity contribution in [2.24, 2.45) is 0 Å². The highest BCUT2D eigenvalue weighted by molar-refractivity contribution is 8.18. The van der Waals surface area contributed by atoms with E-state index in [1.54, 1.807) is 23.5 Å².